The predicted molar refractivity (Wildman–Crippen MR) is 138 cm³/mol. The quantitative estimate of drug-likeness (QED) is 0.506. The van der Waals surface area contributed by atoms with E-state index in [-0.39, 0.29) is 35.5 Å². The molecule has 1 aromatic carbocycles. The van der Waals surface area contributed by atoms with Gasteiger partial charge in [0.2, 0.25) is 0 Å². The molecule has 2 amide bonds. The van der Waals surface area contributed by atoms with Crippen molar-refractivity contribution < 1.29 is 18.7 Å². The number of hydrogen-bond donors (Lipinski definition) is 2. The van der Waals surface area contributed by atoms with Crippen molar-refractivity contribution in [2.45, 2.75) is 45.4 Å². The lowest BCUT2D eigenvalue weighted by Gasteiger charge is -2.37. The average Bonchev–Trinajstić information content (AvgIpc) is 3.30. The number of nitrogens with two attached hydrogens (primary N) is 2. The van der Waals surface area contributed by atoms with E-state index in [0.717, 1.165) is 6.42 Å². The third-order valence-corrected chi connectivity index (χ3v) is 8.41. The van der Waals surface area contributed by atoms with Crippen LogP contribution in [0.25, 0.3) is 11.3 Å². The van der Waals surface area contributed by atoms with Crippen molar-refractivity contribution in [2.24, 2.45) is 23.0 Å². The zero-order chi connectivity index (χ0) is 27.1. The Morgan fingerprint density at radius 1 is 1.32 bits per heavy atom. The minimum Gasteiger partial charge on any atom is -0.444 e. The van der Waals surface area contributed by atoms with Gasteiger partial charge in [-0.1, -0.05) is 11.6 Å². The van der Waals surface area contributed by atoms with Crippen molar-refractivity contribution in [1.29, 1.82) is 0 Å². The maximum atomic E-state index is 13.7. The standard InChI is InChI=1S/C26H29ClFN7O3/c1-25(2,3)38-24(37)33-11-16-20-18(7-26(16,20)12-33)35-22(29)19(23(30)36)21(32-35)14-8-31-34(10-14)9-13-6-15(28)4-5-17(13)27/h4-6,8,10,16,18,20H,7,9,11-12,29H2,1-3H3,(H2,30,36)/t16?,18-,20-,26+/m1/s1. The molecule has 3 aromatic rings. The fourth-order valence-electron chi connectivity index (χ4n) is 6.41. The van der Waals surface area contributed by atoms with E-state index in [2.05, 4.69) is 5.10 Å². The van der Waals surface area contributed by atoms with Crippen molar-refractivity contribution in [1.82, 2.24) is 24.5 Å². The van der Waals surface area contributed by atoms with Gasteiger partial charge in [0.1, 0.15) is 28.5 Å². The van der Waals surface area contributed by atoms with E-state index < -0.39 is 17.3 Å². The van der Waals surface area contributed by atoms with Gasteiger partial charge in [-0.2, -0.15) is 10.2 Å². The molecule has 0 radical (unpaired) electrons. The molecule has 38 heavy (non-hydrogen) atoms. The van der Waals surface area contributed by atoms with Crippen molar-refractivity contribution >= 4 is 29.4 Å². The number of piperidine rings is 1. The summed E-state index contributed by atoms with van der Waals surface area (Å²) in [5, 5.41) is 9.49. The van der Waals surface area contributed by atoms with E-state index in [9.17, 15) is 14.0 Å². The van der Waals surface area contributed by atoms with Gasteiger partial charge in [0.15, 0.2) is 0 Å². The highest BCUT2D eigenvalue weighted by Gasteiger charge is 2.79. The molecule has 3 fully saturated rings. The van der Waals surface area contributed by atoms with Crippen molar-refractivity contribution in [3.63, 3.8) is 0 Å². The number of primary amides is 1. The number of likely N-dealkylation sites (tertiary alicyclic amines) is 1. The van der Waals surface area contributed by atoms with Gasteiger partial charge in [-0.3, -0.25) is 9.48 Å². The molecule has 2 aliphatic carbocycles. The molecule has 2 saturated carbocycles. The molecule has 200 valence electrons. The first-order chi connectivity index (χ1) is 17.9. The van der Waals surface area contributed by atoms with Gasteiger partial charge < -0.3 is 21.1 Å². The molecule has 6 rings (SSSR count). The van der Waals surface area contributed by atoms with E-state index in [1.54, 1.807) is 26.7 Å². The van der Waals surface area contributed by atoms with Crippen LogP contribution in [0.2, 0.25) is 5.02 Å². The van der Waals surface area contributed by atoms with Crippen LogP contribution in [0.15, 0.2) is 30.6 Å². The second kappa shape index (κ2) is 8.20. The van der Waals surface area contributed by atoms with Crippen molar-refractivity contribution in [2.75, 3.05) is 18.8 Å². The molecule has 4 N–H and O–H groups in total. The number of anilines is 1. The summed E-state index contributed by atoms with van der Waals surface area (Å²) < 4.78 is 22.5. The first-order valence-electron chi connectivity index (χ1n) is 12.5. The molecule has 1 aliphatic heterocycles. The first kappa shape index (κ1) is 24.7. The van der Waals surface area contributed by atoms with Gasteiger partial charge in [0.25, 0.3) is 5.91 Å². The van der Waals surface area contributed by atoms with Crippen LogP contribution in [0.1, 0.15) is 49.2 Å². The number of nitrogens with zero attached hydrogens (tertiary/aromatic N) is 5. The first-order valence-corrected chi connectivity index (χ1v) is 12.9. The molecule has 2 aromatic heterocycles. The number of amides is 2. The van der Waals surface area contributed by atoms with Crippen molar-refractivity contribution in [3.8, 4) is 11.3 Å². The number of halogens is 2. The molecule has 1 unspecified atom stereocenters. The Balaban J connectivity index is 1.21. The third kappa shape index (κ3) is 3.82. The highest BCUT2D eigenvalue weighted by molar-refractivity contribution is 6.31. The summed E-state index contributed by atoms with van der Waals surface area (Å²) in [5.41, 5.74) is 13.3. The second-order valence-corrected chi connectivity index (χ2v) is 12.0. The highest BCUT2D eigenvalue weighted by Crippen LogP contribution is 2.79. The number of nitrogen functional groups attached to an aromatic ring is 1. The summed E-state index contributed by atoms with van der Waals surface area (Å²) >= 11 is 6.20. The molecule has 10 nitrogen and oxygen atoms in total. The Bertz CT molecular complexity index is 1480. The molecule has 3 heterocycles. The van der Waals surface area contributed by atoms with Gasteiger partial charge in [0.05, 0.1) is 18.8 Å². The summed E-state index contributed by atoms with van der Waals surface area (Å²) in [7, 11) is 0. The van der Waals surface area contributed by atoms with Gasteiger partial charge >= 0.3 is 6.09 Å². The van der Waals surface area contributed by atoms with Crippen LogP contribution >= 0.6 is 11.6 Å². The number of aromatic nitrogens is 4. The summed E-state index contributed by atoms with van der Waals surface area (Å²) in [6.45, 7) is 7.11. The maximum absolute atomic E-state index is 13.7. The topological polar surface area (TPSA) is 134 Å². The summed E-state index contributed by atoms with van der Waals surface area (Å²) in [4.78, 5) is 26.7. The summed E-state index contributed by atoms with van der Waals surface area (Å²) in [6.07, 6.45) is 3.79. The number of fused-ring (bicyclic) bond motifs is 1. The summed E-state index contributed by atoms with van der Waals surface area (Å²) in [5.74, 6) is -0.164. The third-order valence-electron chi connectivity index (χ3n) is 8.04. The average molecular weight is 542 g/mol. The molecular weight excluding hydrogens is 513 g/mol. The lowest BCUT2D eigenvalue weighted by molar-refractivity contribution is 0.0190. The predicted octanol–water partition coefficient (Wildman–Crippen LogP) is 3.70. The van der Waals surface area contributed by atoms with Gasteiger partial charge in [-0.25, -0.2) is 13.9 Å². The Morgan fingerprint density at radius 2 is 2.08 bits per heavy atom. The zero-order valence-electron chi connectivity index (χ0n) is 21.3. The monoisotopic (exact) mass is 541 g/mol. The number of rotatable bonds is 5. The van der Waals surface area contributed by atoms with Crippen molar-refractivity contribution in [3.05, 3.63) is 52.6 Å². The van der Waals surface area contributed by atoms with Crippen LogP contribution in [0.4, 0.5) is 15.0 Å². The Morgan fingerprint density at radius 3 is 2.76 bits per heavy atom. The van der Waals surface area contributed by atoms with Crippen LogP contribution in [0.5, 0.6) is 0 Å². The molecule has 1 saturated heterocycles. The van der Waals surface area contributed by atoms with E-state index in [1.165, 1.54) is 18.2 Å². The molecule has 0 bridgehead atoms. The van der Waals surface area contributed by atoms with E-state index in [4.69, 9.17) is 32.9 Å². The number of benzene rings is 1. The lowest BCUT2D eigenvalue weighted by atomic mass is 9.80. The Hall–Kier alpha value is -3.60. The fraction of sp³-hybridized carbons (Fsp3) is 0.462. The van der Waals surface area contributed by atoms with Gasteiger partial charge in [-0.05, 0) is 62.8 Å². The molecule has 12 heteroatoms. The smallest absolute Gasteiger partial charge is 0.410 e. The number of carbonyl (C=O) groups is 2. The molecular formula is C26H29ClFN7O3. The van der Waals surface area contributed by atoms with Crippen LogP contribution in [-0.4, -0.2) is 55.2 Å². The van der Waals surface area contributed by atoms with E-state index in [1.807, 2.05) is 20.8 Å². The number of ether oxygens (including phenoxy) is 1. The van der Waals surface area contributed by atoms with Crippen LogP contribution in [0, 0.1) is 23.1 Å². The summed E-state index contributed by atoms with van der Waals surface area (Å²) in [6, 6.07) is 4.17. The number of carbonyl (C=O) groups excluding carboxylic acids is 2. The largest absolute Gasteiger partial charge is 0.444 e. The SMILES string of the molecule is CC(C)(C)OC(=O)N1CC2[C@@H]3[C@H](n4nc(-c5cnn(Cc6cc(F)ccc6Cl)c5)c(C(N)=O)c4N)C[C@]23C1. The minimum absolute atomic E-state index is 0.0220. The lowest BCUT2D eigenvalue weighted by Crippen LogP contribution is -2.42. The zero-order valence-corrected chi connectivity index (χ0v) is 22.1. The second-order valence-electron chi connectivity index (χ2n) is 11.6. The highest BCUT2D eigenvalue weighted by atomic mass is 35.5. The van der Waals surface area contributed by atoms with Crippen LogP contribution in [0.3, 0.4) is 0 Å². The Kier molecular flexibility index (Phi) is 5.33. The maximum Gasteiger partial charge on any atom is 0.410 e. The van der Waals surface area contributed by atoms with Crippen LogP contribution in [-0.2, 0) is 11.3 Å². The number of hydrogen-bond acceptors (Lipinski definition) is 6. The minimum atomic E-state index is -0.675. The fourth-order valence-corrected chi connectivity index (χ4v) is 6.58. The molecule has 4 atom stereocenters. The van der Waals surface area contributed by atoms with Gasteiger partial charge in [0, 0.05) is 35.3 Å². The Labute approximate surface area is 223 Å². The molecule has 3 aliphatic rings. The normalized spacial score (nSPS) is 25.5. The van der Waals surface area contributed by atoms with Gasteiger partial charge in [-0.15, -0.1) is 0 Å². The van der Waals surface area contributed by atoms with E-state index >= 15 is 0 Å². The van der Waals surface area contributed by atoms with E-state index in [0.29, 0.717) is 46.8 Å². The molecule has 1 spiro atoms. The van der Waals surface area contributed by atoms with Crippen LogP contribution < -0.4 is 11.5 Å².